The lowest BCUT2D eigenvalue weighted by Crippen LogP contribution is -2.35. The maximum atomic E-state index is 12.7. The van der Waals surface area contributed by atoms with E-state index in [1.165, 1.54) is 17.7 Å². The summed E-state index contributed by atoms with van der Waals surface area (Å²) in [6.07, 6.45) is 2.25. The molecule has 0 bridgehead atoms. The summed E-state index contributed by atoms with van der Waals surface area (Å²) in [6.45, 7) is 5.44. The Morgan fingerprint density at radius 3 is 2.68 bits per heavy atom. The standard InChI is InChI=1S/C19H22N2O/c1-13(2)21-11-5-6-14-9-10-15(12-18(14)21)19(22)16-7-3-4-8-17(16)20/h3-4,7-10,12-13H,5-6,11,20H2,1-2H3. The maximum Gasteiger partial charge on any atom is 0.195 e. The molecule has 1 aliphatic heterocycles. The molecule has 3 nitrogen and oxygen atoms in total. The van der Waals surface area contributed by atoms with E-state index in [0.717, 1.165) is 13.0 Å². The number of ketones is 1. The topological polar surface area (TPSA) is 46.3 Å². The first-order valence-electron chi connectivity index (χ1n) is 7.86. The van der Waals surface area contributed by atoms with Gasteiger partial charge in [0, 0.05) is 35.1 Å². The summed E-state index contributed by atoms with van der Waals surface area (Å²) in [5.41, 5.74) is 10.3. The van der Waals surface area contributed by atoms with Crippen LogP contribution in [0.5, 0.6) is 0 Å². The number of rotatable bonds is 3. The third kappa shape index (κ3) is 2.59. The Labute approximate surface area is 131 Å². The third-order valence-electron chi connectivity index (χ3n) is 4.33. The zero-order valence-corrected chi connectivity index (χ0v) is 13.2. The van der Waals surface area contributed by atoms with Gasteiger partial charge in [0.05, 0.1) is 0 Å². The monoisotopic (exact) mass is 294 g/mol. The first-order chi connectivity index (χ1) is 10.6. The molecule has 2 aromatic carbocycles. The molecule has 0 unspecified atom stereocenters. The number of hydrogen-bond donors (Lipinski definition) is 1. The first-order valence-corrected chi connectivity index (χ1v) is 7.86. The largest absolute Gasteiger partial charge is 0.398 e. The van der Waals surface area contributed by atoms with Crippen molar-refractivity contribution in [2.24, 2.45) is 0 Å². The van der Waals surface area contributed by atoms with Gasteiger partial charge in [0.1, 0.15) is 0 Å². The molecule has 0 atom stereocenters. The summed E-state index contributed by atoms with van der Waals surface area (Å²) in [4.78, 5) is 15.1. The normalized spacial score (nSPS) is 14.0. The lowest BCUT2D eigenvalue weighted by atomic mass is 9.95. The molecule has 22 heavy (non-hydrogen) atoms. The molecule has 0 saturated heterocycles. The lowest BCUT2D eigenvalue weighted by Gasteiger charge is -2.35. The fraction of sp³-hybridized carbons (Fsp3) is 0.316. The van der Waals surface area contributed by atoms with Crippen LogP contribution < -0.4 is 10.6 Å². The van der Waals surface area contributed by atoms with Crippen LogP contribution in [-0.4, -0.2) is 18.4 Å². The van der Waals surface area contributed by atoms with E-state index in [1.807, 2.05) is 24.3 Å². The molecule has 0 fully saturated rings. The molecule has 0 radical (unpaired) electrons. The molecule has 3 heteroatoms. The van der Waals surface area contributed by atoms with Gasteiger partial charge >= 0.3 is 0 Å². The van der Waals surface area contributed by atoms with Crippen LogP contribution in [0.2, 0.25) is 0 Å². The van der Waals surface area contributed by atoms with E-state index in [1.54, 1.807) is 12.1 Å². The maximum absolute atomic E-state index is 12.7. The van der Waals surface area contributed by atoms with Crippen LogP contribution in [0.3, 0.4) is 0 Å². The number of anilines is 2. The van der Waals surface area contributed by atoms with Crippen molar-refractivity contribution in [3.63, 3.8) is 0 Å². The summed E-state index contributed by atoms with van der Waals surface area (Å²) in [5.74, 6) is -0.00446. The van der Waals surface area contributed by atoms with Crippen molar-refractivity contribution < 1.29 is 4.79 Å². The molecule has 1 aliphatic rings. The molecule has 1 heterocycles. The molecular formula is C19H22N2O. The quantitative estimate of drug-likeness (QED) is 0.694. The van der Waals surface area contributed by atoms with Gasteiger partial charge in [-0.2, -0.15) is 0 Å². The van der Waals surface area contributed by atoms with Gasteiger partial charge in [0.25, 0.3) is 0 Å². The third-order valence-corrected chi connectivity index (χ3v) is 4.33. The minimum atomic E-state index is -0.00446. The van der Waals surface area contributed by atoms with Crippen molar-refractivity contribution >= 4 is 17.2 Å². The number of fused-ring (bicyclic) bond motifs is 1. The molecule has 0 aromatic heterocycles. The van der Waals surface area contributed by atoms with Gasteiger partial charge in [-0.05, 0) is 50.5 Å². The van der Waals surface area contributed by atoms with Crippen LogP contribution in [0.15, 0.2) is 42.5 Å². The fourth-order valence-corrected chi connectivity index (χ4v) is 3.14. The fourth-order valence-electron chi connectivity index (χ4n) is 3.14. The molecule has 2 aromatic rings. The molecular weight excluding hydrogens is 272 g/mol. The van der Waals surface area contributed by atoms with Gasteiger partial charge in [-0.25, -0.2) is 0 Å². The highest BCUT2D eigenvalue weighted by atomic mass is 16.1. The van der Waals surface area contributed by atoms with E-state index in [2.05, 4.69) is 24.8 Å². The Hall–Kier alpha value is -2.29. The van der Waals surface area contributed by atoms with Crippen LogP contribution in [0.4, 0.5) is 11.4 Å². The minimum absolute atomic E-state index is 0.00446. The van der Waals surface area contributed by atoms with Crippen LogP contribution in [0.1, 0.15) is 41.8 Å². The van der Waals surface area contributed by atoms with E-state index in [9.17, 15) is 4.79 Å². The molecule has 0 amide bonds. The summed E-state index contributed by atoms with van der Waals surface area (Å²) in [5, 5.41) is 0. The molecule has 0 saturated carbocycles. The predicted octanol–water partition coefficient (Wildman–Crippen LogP) is 3.66. The van der Waals surface area contributed by atoms with Gasteiger partial charge in [0.15, 0.2) is 5.78 Å². The first kappa shape index (κ1) is 14.6. The van der Waals surface area contributed by atoms with E-state index in [0.29, 0.717) is 22.9 Å². The van der Waals surface area contributed by atoms with Crippen LogP contribution in [0, 0.1) is 0 Å². The number of carbonyl (C=O) groups excluding carboxylic acids is 1. The Kier molecular flexibility index (Phi) is 3.88. The van der Waals surface area contributed by atoms with Crippen molar-refractivity contribution in [1.82, 2.24) is 0 Å². The molecule has 2 N–H and O–H groups in total. The van der Waals surface area contributed by atoms with E-state index >= 15 is 0 Å². The highest BCUT2D eigenvalue weighted by Gasteiger charge is 2.21. The molecule has 0 spiro atoms. The lowest BCUT2D eigenvalue weighted by molar-refractivity contribution is 0.103. The van der Waals surface area contributed by atoms with Crippen molar-refractivity contribution in [2.75, 3.05) is 17.2 Å². The van der Waals surface area contributed by atoms with Crippen molar-refractivity contribution in [2.45, 2.75) is 32.7 Å². The van der Waals surface area contributed by atoms with Gasteiger partial charge in [0.2, 0.25) is 0 Å². The number of carbonyl (C=O) groups is 1. The number of para-hydroxylation sites is 1. The predicted molar refractivity (Wildman–Crippen MR) is 91.5 cm³/mol. The average Bonchev–Trinajstić information content (AvgIpc) is 2.53. The number of nitrogens with two attached hydrogens (primary N) is 1. The number of nitrogen functional groups attached to an aromatic ring is 1. The molecule has 0 aliphatic carbocycles. The SMILES string of the molecule is CC(C)N1CCCc2ccc(C(=O)c3ccccc3N)cc21. The average molecular weight is 294 g/mol. The van der Waals surface area contributed by atoms with Gasteiger partial charge in [-0.1, -0.05) is 24.3 Å². The van der Waals surface area contributed by atoms with E-state index in [4.69, 9.17) is 5.73 Å². The highest BCUT2D eigenvalue weighted by molar-refractivity contribution is 6.12. The summed E-state index contributed by atoms with van der Waals surface area (Å²) in [7, 11) is 0. The number of aryl methyl sites for hydroxylation is 1. The van der Waals surface area contributed by atoms with Gasteiger partial charge < -0.3 is 10.6 Å². The van der Waals surface area contributed by atoms with Crippen LogP contribution in [-0.2, 0) is 6.42 Å². The van der Waals surface area contributed by atoms with Crippen molar-refractivity contribution in [3.05, 3.63) is 59.2 Å². The second kappa shape index (κ2) is 5.84. The Morgan fingerprint density at radius 1 is 1.18 bits per heavy atom. The Bertz CT molecular complexity index is 706. The molecule has 3 rings (SSSR count). The zero-order chi connectivity index (χ0) is 15.7. The smallest absolute Gasteiger partial charge is 0.195 e. The van der Waals surface area contributed by atoms with Gasteiger partial charge in [-0.3, -0.25) is 4.79 Å². The Balaban J connectivity index is 2.01. The Morgan fingerprint density at radius 2 is 1.95 bits per heavy atom. The highest BCUT2D eigenvalue weighted by Crippen LogP contribution is 2.30. The van der Waals surface area contributed by atoms with Crippen LogP contribution >= 0.6 is 0 Å². The van der Waals surface area contributed by atoms with E-state index in [-0.39, 0.29) is 5.78 Å². The molecule has 114 valence electrons. The number of benzene rings is 2. The number of hydrogen-bond acceptors (Lipinski definition) is 3. The second-order valence-electron chi connectivity index (χ2n) is 6.15. The van der Waals surface area contributed by atoms with E-state index < -0.39 is 0 Å². The summed E-state index contributed by atoms with van der Waals surface area (Å²) in [6, 6.07) is 13.7. The summed E-state index contributed by atoms with van der Waals surface area (Å²) < 4.78 is 0. The zero-order valence-electron chi connectivity index (χ0n) is 13.2. The minimum Gasteiger partial charge on any atom is -0.398 e. The second-order valence-corrected chi connectivity index (χ2v) is 6.15. The van der Waals surface area contributed by atoms with Crippen molar-refractivity contribution in [3.8, 4) is 0 Å². The van der Waals surface area contributed by atoms with Gasteiger partial charge in [-0.15, -0.1) is 0 Å². The number of nitrogens with zero attached hydrogens (tertiary/aromatic N) is 1. The van der Waals surface area contributed by atoms with Crippen molar-refractivity contribution in [1.29, 1.82) is 0 Å². The summed E-state index contributed by atoms with van der Waals surface area (Å²) >= 11 is 0. The van der Waals surface area contributed by atoms with Crippen LogP contribution in [0.25, 0.3) is 0 Å².